The molecule has 0 spiro atoms. The third kappa shape index (κ3) is 10.5. The molecule has 0 radical (unpaired) electrons. The predicted octanol–water partition coefficient (Wildman–Crippen LogP) is 7.75. The van der Waals surface area contributed by atoms with Gasteiger partial charge in [-0.05, 0) is 30.7 Å². The van der Waals surface area contributed by atoms with Gasteiger partial charge in [0.05, 0.1) is 10.5 Å². The summed E-state index contributed by atoms with van der Waals surface area (Å²) in [5.74, 6) is 0.904. The average Bonchev–Trinajstić information content (AvgIpc) is 2.80. The summed E-state index contributed by atoms with van der Waals surface area (Å²) in [6, 6.07) is 6.45. The van der Waals surface area contributed by atoms with Gasteiger partial charge in [-0.3, -0.25) is 10.1 Å². The van der Waals surface area contributed by atoms with Crippen molar-refractivity contribution in [3.8, 4) is 0 Å². The molecule has 1 rings (SSSR count). The molecule has 0 aliphatic rings. The molecule has 1 aromatic rings. The Labute approximate surface area is 194 Å². The first-order valence-corrected chi connectivity index (χ1v) is 12.6. The zero-order valence-corrected chi connectivity index (χ0v) is 20.7. The van der Waals surface area contributed by atoms with Gasteiger partial charge >= 0.3 is 6.09 Å². The van der Waals surface area contributed by atoms with E-state index >= 15 is 0 Å². The number of rotatable bonds is 17. The molecule has 0 fully saturated rings. The second-order valence-electron chi connectivity index (χ2n) is 8.89. The first kappa shape index (κ1) is 27.9. The Bertz CT molecular complexity index is 645. The Morgan fingerprint density at radius 1 is 0.938 bits per heavy atom. The fourth-order valence-electron chi connectivity index (χ4n) is 4.10. The summed E-state index contributed by atoms with van der Waals surface area (Å²) in [7, 11) is 0. The summed E-state index contributed by atoms with van der Waals surface area (Å²) in [4.78, 5) is 25.8. The van der Waals surface area contributed by atoms with Crippen LogP contribution in [0, 0.1) is 22.0 Å². The molecule has 6 nitrogen and oxygen atoms in total. The van der Waals surface area contributed by atoms with E-state index in [1.807, 2.05) is 4.90 Å². The van der Waals surface area contributed by atoms with E-state index in [9.17, 15) is 14.9 Å². The van der Waals surface area contributed by atoms with Crippen molar-refractivity contribution in [3.63, 3.8) is 0 Å². The molecule has 0 bridgehead atoms. The molecule has 0 aromatic heterocycles. The largest absolute Gasteiger partial charge is 0.444 e. The van der Waals surface area contributed by atoms with Crippen LogP contribution in [0.1, 0.15) is 97.5 Å². The van der Waals surface area contributed by atoms with Crippen LogP contribution in [0.4, 0.5) is 10.5 Å². The minimum Gasteiger partial charge on any atom is -0.444 e. The van der Waals surface area contributed by atoms with E-state index in [0.29, 0.717) is 30.5 Å². The zero-order valence-electron chi connectivity index (χ0n) is 20.7. The van der Waals surface area contributed by atoms with Crippen LogP contribution in [0.5, 0.6) is 0 Å². The third-order valence-electron chi connectivity index (χ3n) is 6.34. The number of hydrogen-bond acceptors (Lipinski definition) is 4. The number of unbranched alkanes of at least 4 members (excludes halogenated alkanes) is 4. The number of nitrogens with zero attached hydrogens (tertiary/aromatic N) is 2. The van der Waals surface area contributed by atoms with E-state index in [4.69, 9.17) is 4.74 Å². The van der Waals surface area contributed by atoms with Crippen LogP contribution in [0.15, 0.2) is 24.3 Å². The van der Waals surface area contributed by atoms with Crippen LogP contribution < -0.4 is 0 Å². The molecule has 0 heterocycles. The van der Waals surface area contributed by atoms with Gasteiger partial charge in [-0.2, -0.15) is 0 Å². The topological polar surface area (TPSA) is 72.7 Å². The maximum atomic E-state index is 13.1. The molecule has 0 N–H and O–H groups in total. The molecule has 32 heavy (non-hydrogen) atoms. The lowest BCUT2D eigenvalue weighted by atomic mass is 9.95. The van der Waals surface area contributed by atoms with Gasteiger partial charge in [0, 0.05) is 19.2 Å². The highest BCUT2D eigenvalue weighted by atomic mass is 16.6. The molecule has 2 unspecified atom stereocenters. The summed E-state index contributed by atoms with van der Waals surface area (Å²) in [6.45, 7) is 10.1. The molecule has 0 aliphatic heterocycles. The highest BCUT2D eigenvalue weighted by Crippen LogP contribution is 2.22. The van der Waals surface area contributed by atoms with Crippen molar-refractivity contribution in [1.29, 1.82) is 0 Å². The Morgan fingerprint density at radius 2 is 1.47 bits per heavy atom. The Hall–Kier alpha value is -2.11. The van der Waals surface area contributed by atoms with Crippen molar-refractivity contribution in [2.45, 2.75) is 98.5 Å². The minimum absolute atomic E-state index is 0.0103. The van der Waals surface area contributed by atoms with Gasteiger partial charge in [0.15, 0.2) is 0 Å². The molecule has 2 atom stereocenters. The number of hydrogen-bond donors (Lipinski definition) is 0. The van der Waals surface area contributed by atoms with Crippen molar-refractivity contribution in [2.24, 2.45) is 11.8 Å². The summed E-state index contributed by atoms with van der Waals surface area (Å²) < 4.78 is 5.61. The molecule has 6 heteroatoms. The van der Waals surface area contributed by atoms with Gasteiger partial charge in [0.2, 0.25) is 0 Å². The monoisotopic (exact) mass is 448 g/mol. The van der Waals surface area contributed by atoms with Gasteiger partial charge in [0.25, 0.3) is 5.69 Å². The lowest BCUT2D eigenvalue weighted by Crippen LogP contribution is -2.39. The molecule has 1 aromatic carbocycles. The first-order chi connectivity index (χ1) is 15.5. The average molecular weight is 449 g/mol. The van der Waals surface area contributed by atoms with Gasteiger partial charge < -0.3 is 9.64 Å². The maximum absolute atomic E-state index is 13.1. The second-order valence-corrected chi connectivity index (χ2v) is 8.89. The van der Waals surface area contributed by atoms with Crippen molar-refractivity contribution >= 4 is 11.8 Å². The fourth-order valence-corrected chi connectivity index (χ4v) is 4.10. The number of ether oxygens (including phenoxy) is 1. The summed E-state index contributed by atoms with van der Waals surface area (Å²) in [5.41, 5.74) is 0.416. The van der Waals surface area contributed by atoms with E-state index in [2.05, 4.69) is 27.7 Å². The van der Waals surface area contributed by atoms with Crippen molar-refractivity contribution in [3.05, 3.63) is 39.9 Å². The highest BCUT2D eigenvalue weighted by molar-refractivity contribution is 5.67. The fraction of sp³-hybridized carbons (Fsp3) is 0.731. The number of nitro groups is 1. The molecule has 0 saturated heterocycles. The van der Waals surface area contributed by atoms with Crippen LogP contribution in [-0.4, -0.2) is 29.0 Å². The summed E-state index contributed by atoms with van der Waals surface area (Å²) >= 11 is 0. The molecular weight excluding hydrogens is 404 g/mol. The van der Waals surface area contributed by atoms with Crippen LogP contribution in [0.25, 0.3) is 0 Å². The van der Waals surface area contributed by atoms with Crippen LogP contribution in [0.2, 0.25) is 0 Å². The number of carbonyl (C=O) groups excluding carboxylic acids is 1. The predicted molar refractivity (Wildman–Crippen MR) is 131 cm³/mol. The van der Waals surface area contributed by atoms with Crippen LogP contribution in [0.3, 0.4) is 0 Å². The standard InChI is InChI=1S/C26H44N2O4/c1-5-9-11-15-22(7-3)19-27(20-23(8-4)16-12-10-6-2)26(29)32-21-24-17-13-14-18-25(24)28(30)31/h13-14,17-18,22-23H,5-12,15-16,19-21H2,1-4H3. The molecular formula is C26H44N2O4. The van der Waals surface area contributed by atoms with E-state index in [1.54, 1.807) is 18.2 Å². The zero-order chi connectivity index (χ0) is 23.8. The summed E-state index contributed by atoms with van der Waals surface area (Å²) in [6.07, 6.45) is 11.1. The van der Waals surface area contributed by atoms with Crippen molar-refractivity contribution in [1.82, 2.24) is 4.90 Å². The van der Waals surface area contributed by atoms with E-state index in [0.717, 1.165) is 25.7 Å². The van der Waals surface area contributed by atoms with E-state index < -0.39 is 4.92 Å². The number of carbonyl (C=O) groups is 1. The SMILES string of the molecule is CCCCCC(CC)CN(CC(CC)CCCCC)C(=O)OCc1ccccc1[N+](=O)[O-]. The van der Waals surface area contributed by atoms with Gasteiger partial charge in [-0.25, -0.2) is 4.79 Å². The molecule has 0 aliphatic carbocycles. The molecule has 1 amide bonds. The van der Waals surface area contributed by atoms with Gasteiger partial charge in [-0.15, -0.1) is 0 Å². The van der Waals surface area contributed by atoms with Gasteiger partial charge in [0.1, 0.15) is 6.61 Å². The molecule has 182 valence electrons. The quantitative estimate of drug-likeness (QED) is 0.139. The van der Waals surface area contributed by atoms with E-state index in [-0.39, 0.29) is 18.4 Å². The van der Waals surface area contributed by atoms with Crippen LogP contribution in [-0.2, 0) is 11.3 Å². The Balaban J connectivity index is 2.86. The maximum Gasteiger partial charge on any atom is 0.410 e. The number of nitro benzene ring substituents is 1. The lowest BCUT2D eigenvalue weighted by Gasteiger charge is -2.30. The lowest BCUT2D eigenvalue weighted by molar-refractivity contribution is -0.385. The van der Waals surface area contributed by atoms with Gasteiger partial charge in [-0.1, -0.05) is 91.2 Å². The normalized spacial score (nSPS) is 12.9. The summed E-state index contributed by atoms with van der Waals surface area (Å²) in [5, 5.41) is 11.3. The highest BCUT2D eigenvalue weighted by Gasteiger charge is 2.23. The number of amides is 1. The third-order valence-corrected chi connectivity index (χ3v) is 6.34. The van der Waals surface area contributed by atoms with Crippen molar-refractivity contribution in [2.75, 3.05) is 13.1 Å². The number of benzene rings is 1. The first-order valence-electron chi connectivity index (χ1n) is 12.6. The van der Waals surface area contributed by atoms with Crippen molar-refractivity contribution < 1.29 is 14.5 Å². The minimum atomic E-state index is -0.428. The van der Waals surface area contributed by atoms with E-state index in [1.165, 1.54) is 44.6 Å². The Kier molecular flexibility index (Phi) is 14.4. The van der Waals surface area contributed by atoms with Crippen LogP contribution >= 0.6 is 0 Å². The number of para-hydroxylation sites is 1. The smallest absolute Gasteiger partial charge is 0.410 e. The Morgan fingerprint density at radius 3 is 1.94 bits per heavy atom. The molecule has 0 saturated carbocycles. The second kappa shape index (κ2) is 16.5.